The molecule has 1 aromatic rings. The first kappa shape index (κ1) is 29.2. The van der Waals surface area contributed by atoms with Crippen LogP contribution in [0.5, 0.6) is 11.5 Å². The summed E-state index contributed by atoms with van der Waals surface area (Å²) in [6.45, 7) is -2.04. The molecule has 37 heavy (non-hydrogen) atoms. The lowest BCUT2D eigenvalue weighted by Gasteiger charge is -2.43. The smallest absolute Gasteiger partial charge is 0.406 e. The molecule has 0 saturated heterocycles. The number of carbonyl (C=O) groups excluding carboxylic acids is 3. The predicted molar refractivity (Wildman–Crippen MR) is 133 cm³/mol. The third-order valence-corrected chi connectivity index (χ3v) is 7.14. The van der Waals surface area contributed by atoms with Crippen LogP contribution in [0.25, 0.3) is 0 Å². The van der Waals surface area contributed by atoms with Crippen molar-refractivity contribution in [2.24, 2.45) is 5.92 Å². The minimum atomic E-state index is -4.74. The molecule has 0 bridgehead atoms. The molecule has 2 aliphatic rings. The minimum Gasteiger partial charge on any atom is -0.493 e. The van der Waals surface area contributed by atoms with E-state index in [0.29, 0.717) is 27.6 Å². The highest BCUT2D eigenvalue weighted by molar-refractivity contribution is 14.1. The minimum absolute atomic E-state index is 0.000760. The van der Waals surface area contributed by atoms with E-state index in [1.165, 1.54) is 25.3 Å². The van der Waals surface area contributed by atoms with Gasteiger partial charge >= 0.3 is 6.18 Å². The summed E-state index contributed by atoms with van der Waals surface area (Å²) in [5.41, 5.74) is 0.290. The van der Waals surface area contributed by atoms with Crippen LogP contribution >= 0.6 is 22.6 Å². The molecule has 1 saturated carbocycles. The largest absolute Gasteiger partial charge is 0.493 e. The number of aldehydes is 1. The van der Waals surface area contributed by atoms with Crippen molar-refractivity contribution in [1.82, 2.24) is 10.2 Å². The van der Waals surface area contributed by atoms with E-state index in [1.807, 2.05) is 22.6 Å². The highest BCUT2D eigenvalue weighted by Crippen LogP contribution is 2.38. The van der Waals surface area contributed by atoms with Gasteiger partial charge in [-0.05, 0) is 53.6 Å². The van der Waals surface area contributed by atoms with Gasteiger partial charge < -0.3 is 29.9 Å². The van der Waals surface area contributed by atoms with Crippen LogP contribution < -0.4 is 14.8 Å². The summed E-state index contributed by atoms with van der Waals surface area (Å²) in [7, 11) is 1.33. The number of aliphatic hydroxyl groups excluding tert-OH is 2. The van der Waals surface area contributed by atoms with Gasteiger partial charge in [-0.1, -0.05) is 6.42 Å². The molecule has 13 heteroatoms. The van der Waals surface area contributed by atoms with Gasteiger partial charge in [0, 0.05) is 30.0 Å². The summed E-state index contributed by atoms with van der Waals surface area (Å²) in [6.07, 6.45) is -4.51. The molecular weight excluding hydrogens is 612 g/mol. The zero-order valence-corrected chi connectivity index (χ0v) is 22.1. The molecule has 0 aliphatic heterocycles. The fourth-order valence-corrected chi connectivity index (χ4v) is 5.03. The fraction of sp³-hybridized carbons (Fsp3) is 0.542. The second kappa shape index (κ2) is 12.4. The Labute approximate surface area is 225 Å². The Bertz CT molecular complexity index is 1050. The maximum atomic E-state index is 13.5. The van der Waals surface area contributed by atoms with Crippen LogP contribution in [-0.2, 0) is 9.59 Å². The maximum absolute atomic E-state index is 13.5. The van der Waals surface area contributed by atoms with Crippen molar-refractivity contribution < 1.29 is 47.2 Å². The van der Waals surface area contributed by atoms with Crippen LogP contribution in [-0.4, -0.2) is 84.4 Å². The molecule has 0 aromatic heterocycles. The molecule has 2 amide bonds. The van der Waals surface area contributed by atoms with E-state index in [9.17, 15) is 32.7 Å². The normalized spacial score (nSPS) is 21.9. The average Bonchev–Trinajstić information content (AvgIpc) is 2.81. The highest BCUT2D eigenvalue weighted by Gasteiger charge is 2.46. The molecule has 0 spiro atoms. The summed E-state index contributed by atoms with van der Waals surface area (Å²) in [4.78, 5) is 37.6. The van der Waals surface area contributed by atoms with Gasteiger partial charge in [-0.25, -0.2) is 0 Å². The molecule has 1 aromatic carbocycles. The molecule has 2 aliphatic carbocycles. The third kappa shape index (κ3) is 7.13. The lowest BCUT2D eigenvalue weighted by atomic mass is 9.82. The molecule has 3 unspecified atom stereocenters. The van der Waals surface area contributed by atoms with Crippen LogP contribution in [0.3, 0.4) is 0 Å². The Morgan fingerprint density at radius 2 is 2.00 bits per heavy atom. The van der Waals surface area contributed by atoms with E-state index < -0.39 is 48.7 Å². The summed E-state index contributed by atoms with van der Waals surface area (Å²) >= 11 is 1.88. The molecule has 3 rings (SSSR count). The number of hydrogen-bond donors (Lipinski definition) is 3. The quantitative estimate of drug-likeness (QED) is 0.265. The van der Waals surface area contributed by atoms with Crippen molar-refractivity contribution in [1.29, 1.82) is 0 Å². The molecule has 9 nitrogen and oxygen atoms in total. The summed E-state index contributed by atoms with van der Waals surface area (Å²) in [6, 6.07) is 1.48. The Morgan fingerprint density at radius 1 is 1.30 bits per heavy atom. The van der Waals surface area contributed by atoms with Crippen molar-refractivity contribution >= 4 is 40.7 Å². The number of nitrogens with zero attached hydrogens (tertiary/aromatic N) is 1. The van der Waals surface area contributed by atoms with Crippen molar-refractivity contribution in [2.75, 3.05) is 26.8 Å². The molecule has 0 heterocycles. The third-order valence-electron chi connectivity index (χ3n) is 6.34. The molecule has 0 radical (unpaired) electrons. The van der Waals surface area contributed by atoms with Crippen LogP contribution in [0.15, 0.2) is 23.8 Å². The van der Waals surface area contributed by atoms with Crippen LogP contribution in [0.4, 0.5) is 13.2 Å². The lowest BCUT2D eigenvalue weighted by Crippen LogP contribution is -2.58. The standard InChI is InChI=1S/C24H28F3IN2O7/c1-36-19-8-13(11-32)7-16(28)21(19)37-18-10-15(22(34)29-5-6-31)9-17(20(18)33)30(12-24(25,26)27)23(35)14-3-2-4-14/h7-8,10-11,14,17-18,20,31,33H,2-6,9,12H2,1H3,(H,29,34). The Balaban J connectivity index is 2.01. The summed E-state index contributed by atoms with van der Waals surface area (Å²) in [5.74, 6) is -1.73. The number of ether oxygens (including phenoxy) is 2. The topological polar surface area (TPSA) is 125 Å². The van der Waals surface area contributed by atoms with Gasteiger partial charge in [0.05, 0.1) is 23.3 Å². The summed E-state index contributed by atoms with van der Waals surface area (Å²) in [5, 5.41) is 22.7. The molecule has 1 fully saturated rings. The highest BCUT2D eigenvalue weighted by atomic mass is 127. The molecular formula is C24H28F3IN2O7. The predicted octanol–water partition coefficient (Wildman–Crippen LogP) is 2.22. The lowest BCUT2D eigenvalue weighted by molar-refractivity contribution is -0.176. The number of benzene rings is 1. The van der Waals surface area contributed by atoms with E-state index in [0.717, 1.165) is 6.42 Å². The van der Waals surface area contributed by atoms with E-state index in [-0.39, 0.29) is 42.2 Å². The van der Waals surface area contributed by atoms with Gasteiger partial charge in [0.25, 0.3) is 0 Å². The average molecular weight is 640 g/mol. The number of halogens is 4. The number of nitrogens with one attached hydrogen (secondary N) is 1. The van der Waals surface area contributed by atoms with Crippen LogP contribution in [0.2, 0.25) is 0 Å². The van der Waals surface area contributed by atoms with Crippen molar-refractivity contribution in [3.63, 3.8) is 0 Å². The number of rotatable bonds is 10. The Morgan fingerprint density at radius 3 is 2.54 bits per heavy atom. The number of methoxy groups -OCH3 is 1. The van der Waals surface area contributed by atoms with E-state index >= 15 is 0 Å². The van der Waals surface area contributed by atoms with Gasteiger partial charge in [0.2, 0.25) is 11.8 Å². The van der Waals surface area contributed by atoms with Gasteiger partial charge in [-0.15, -0.1) is 0 Å². The van der Waals surface area contributed by atoms with Crippen molar-refractivity contribution in [2.45, 2.75) is 50.1 Å². The van der Waals surface area contributed by atoms with Gasteiger partial charge in [0.1, 0.15) is 25.0 Å². The second-order valence-electron chi connectivity index (χ2n) is 8.88. The van der Waals surface area contributed by atoms with E-state index in [2.05, 4.69) is 5.32 Å². The number of amides is 2. The zero-order chi connectivity index (χ0) is 27.3. The second-order valence-corrected chi connectivity index (χ2v) is 10.0. The number of carbonyl (C=O) groups is 3. The Hall–Kier alpha value is -2.39. The van der Waals surface area contributed by atoms with Crippen LogP contribution in [0.1, 0.15) is 36.0 Å². The van der Waals surface area contributed by atoms with Crippen LogP contribution in [0, 0.1) is 9.49 Å². The van der Waals surface area contributed by atoms with Gasteiger partial charge in [-0.3, -0.25) is 14.4 Å². The maximum Gasteiger partial charge on any atom is 0.406 e. The summed E-state index contributed by atoms with van der Waals surface area (Å²) < 4.78 is 52.3. The van der Waals surface area contributed by atoms with Crippen molar-refractivity contribution in [3.05, 3.63) is 32.9 Å². The van der Waals surface area contributed by atoms with E-state index in [1.54, 1.807) is 0 Å². The Kier molecular flexibility index (Phi) is 9.80. The first-order chi connectivity index (χ1) is 17.5. The van der Waals surface area contributed by atoms with E-state index in [4.69, 9.17) is 14.6 Å². The molecule has 204 valence electrons. The fourth-order valence-electron chi connectivity index (χ4n) is 4.28. The zero-order valence-electron chi connectivity index (χ0n) is 20.0. The van der Waals surface area contributed by atoms with Crippen molar-refractivity contribution in [3.8, 4) is 11.5 Å². The number of alkyl halides is 3. The molecule has 3 N–H and O–H groups in total. The monoisotopic (exact) mass is 640 g/mol. The number of hydrogen-bond acceptors (Lipinski definition) is 7. The van der Waals surface area contributed by atoms with Gasteiger partial charge in [-0.2, -0.15) is 13.2 Å². The first-order valence-corrected chi connectivity index (χ1v) is 12.7. The van der Waals surface area contributed by atoms with Gasteiger partial charge in [0.15, 0.2) is 11.5 Å². The SMILES string of the molecule is COc1cc(C=O)cc(I)c1OC1C=C(C(=O)NCCO)CC(N(CC(F)(F)F)C(=O)C2CCC2)C1O. The first-order valence-electron chi connectivity index (χ1n) is 11.6. The molecule has 3 atom stereocenters. The number of aliphatic hydroxyl groups is 2.